The lowest BCUT2D eigenvalue weighted by atomic mass is 10.2. The van der Waals surface area contributed by atoms with Crippen LogP contribution in [0.25, 0.3) is 0 Å². The minimum Gasteiger partial charge on any atom is -0.482 e. The van der Waals surface area contributed by atoms with Crippen molar-refractivity contribution in [3.8, 4) is 5.75 Å². The fourth-order valence-corrected chi connectivity index (χ4v) is 3.39. The van der Waals surface area contributed by atoms with Gasteiger partial charge in [-0.1, -0.05) is 0 Å². The second-order valence-corrected chi connectivity index (χ2v) is 7.05. The highest BCUT2D eigenvalue weighted by Gasteiger charge is 2.20. The van der Waals surface area contributed by atoms with Gasteiger partial charge in [-0.25, -0.2) is 17.9 Å². The molecule has 1 atom stereocenters. The Kier molecular flexibility index (Phi) is 5.97. The minimum atomic E-state index is -3.60. The Morgan fingerprint density at radius 1 is 1.43 bits per heavy atom. The van der Waals surface area contributed by atoms with Gasteiger partial charge in [0.25, 0.3) is 0 Å². The third-order valence-electron chi connectivity index (χ3n) is 3.55. The third-order valence-corrected chi connectivity index (χ3v) is 4.98. The van der Waals surface area contributed by atoms with E-state index in [2.05, 4.69) is 9.46 Å². The lowest BCUT2D eigenvalue weighted by Crippen LogP contribution is -2.31. The molecule has 7 nitrogen and oxygen atoms in total. The highest BCUT2D eigenvalue weighted by molar-refractivity contribution is 7.89. The first kappa shape index (κ1) is 17.7. The van der Waals surface area contributed by atoms with E-state index in [0.29, 0.717) is 17.9 Å². The number of benzene rings is 1. The van der Waals surface area contributed by atoms with Crippen LogP contribution in [0.1, 0.15) is 18.4 Å². The van der Waals surface area contributed by atoms with Gasteiger partial charge in [-0.05, 0) is 43.5 Å². The molecule has 1 N–H and O–H groups in total. The van der Waals surface area contributed by atoms with Crippen LogP contribution in [0.4, 0.5) is 0 Å². The van der Waals surface area contributed by atoms with E-state index in [1.54, 1.807) is 6.92 Å². The molecule has 1 aliphatic rings. The van der Waals surface area contributed by atoms with Crippen LogP contribution in [0.2, 0.25) is 0 Å². The predicted octanol–water partition coefficient (Wildman–Crippen LogP) is 1.00. The van der Waals surface area contributed by atoms with Crippen molar-refractivity contribution in [2.45, 2.75) is 30.8 Å². The van der Waals surface area contributed by atoms with Gasteiger partial charge in [0, 0.05) is 13.2 Å². The molecule has 0 amide bonds. The zero-order valence-electron chi connectivity index (χ0n) is 13.2. The van der Waals surface area contributed by atoms with Gasteiger partial charge < -0.3 is 14.2 Å². The van der Waals surface area contributed by atoms with Crippen LogP contribution in [-0.4, -0.2) is 47.4 Å². The summed E-state index contributed by atoms with van der Waals surface area (Å²) in [6, 6.07) is 4.47. The number of carbonyl (C=O) groups excluding carboxylic acids is 1. The topological polar surface area (TPSA) is 90.9 Å². The molecule has 1 fully saturated rings. The monoisotopic (exact) mass is 343 g/mol. The molecule has 1 unspecified atom stereocenters. The SMILES string of the molecule is COC(=O)COc1ccc(S(=O)(=O)NCC2CCCO2)cc1C. The molecule has 1 saturated heterocycles. The molecule has 23 heavy (non-hydrogen) atoms. The van der Waals surface area contributed by atoms with E-state index in [9.17, 15) is 13.2 Å². The Bertz CT molecular complexity index is 652. The van der Waals surface area contributed by atoms with Gasteiger partial charge in [-0.2, -0.15) is 0 Å². The Balaban J connectivity index is 2.01. The van der Waals surface area contributed by atoms with Crippen molar-refractivity contribution in [1.82, 2.24) is 4.72 Å². The summed E-state index contributed by atoms with van der Waals surface area (Å²) in [4.78, 5) is 11.2. The lowest BCUT2D eigenvalue weighted by Gasteiger charge is -2.13. The highest BCUT2D eigenvalue weighted by Crippen LogP contribution is 2.22. The van der Waals surface area contributed by atoms with Crippen molar-refractivity contribution in [1.29, 1.82) is 0 Å². The number of ether oxygens (including phenoxy) is 3. The molecule has 1 aliphatic heterocycles. The maximum Gasteiger partial charge on any atom is 0.343 e. The average Bonchev–Trinajstić information content (AvgIpc) is 3.05. The quantitative estimate of drug-likeness (QED) is 0.743. The van der Waals surface area contributed by atoms with Crippen molar-refractivity contribution >= 4 is 16.0 Å². The molecule has 0 aromatic heterocycles. The van der Waals surface area contributed by atoms with Gasteiger partial charge in [-0.3, -0.25) is 0 Å². The molecular weight excluding hydrogens is 322 g/mol. The van der Waals surface area contributed by atoms with Crippen LogP contribution in [0.5, 0.6) is 5.75 Å². The molecule has 128 valence electrons. The van der Waals surface area contributed by atoms with Crippen LogP contribution in [0.3, 0.4) is 0 Å². The molecule has 0 aliphatic carbocycles. The maximum atomic E-state index is 12.3. The number of esters is 1. The molecular formula is C15H21NO6S. The van der Waals surface area contributed by atoms with Gasteiger partial charge in [0.1, 0.15) is 5.75 Å². The van der Waals surface area contributed by atoms with Crippen molar-refractivity contribution in [3.63, 3.8) is 0 Å². The Labute approximate surface area is 136 Å². The summed E-state index contributed by atoms with van der Waals surface area (Å²) >= 11 is 0. The first-order valence-corrected chi connectivity index (χ1v) is 8.82. The number of methoxy groups -OCH3 is 1. The Hall–Kier alpha value is -1.64. The number of carbonyl (C=O) groups is 1. The van der Waals surface area contributed by atoms with Crippen LogP contribution in [0.15, 0.2) is 23.1 Å². The van der Waals surface area contributed by atoms with E-state index in [1.807, 2.05) is 0 Å². The molecule has 0 radical (unpaired) electrons. The normalized spacial score (nSPS) is 17.9. The van der Waals surface area contributed by atoms with E-state index in [-0.39, 0.29) is 24.2 Å². The molecule has 0 bridgehead atoms. The molecule has 8 heteroatoms. The number of aryl methyl sites for hydroxylation is 1. The summed E-state index contributed by atoms with van der Waals surface area (Å²) in [5.41, 5.74) is 0.619. The zero-order valence-corrected chi connectivity index (χ0v) is 14.0. The molecule has 0 spiro atoms. The number of rotatable bonds is 7. The first-order valence-electron chi connectivity index (χ1n) is 7.34. The van der Waals surface area contributed by atoms with Crippen molar-refractivity contribution in [2.75, 3.05) is 26.9 Å². The van der Waals surface area contributed by atoms with Gasteiger partial charge in [0.15, 0.2) is 6.61 Å². The fourth-order valence-electron chi connectivity index (χ4n) is 2.24. The molecule has 2 rings (SSSR count). The Morgan fingerprint density at radius 2 is 2.22 bits per heavy atom. The smallest absolute Gasteiger partial charge is 0.343 e. The van der Waals surface area contributed by atoms with E-state index in [1.165, 1.54) is 25.3 Å². The van der Waals surface area contributed by atoms with Crippen molar-refractivity contribution in [3.05, 3.63) is 23.8 Å². The number of hydrogen-bond acceptors (Lipinski definition) is 6. The summed E-state index contributed by atoms with van der Waals surface area (Å²) in [5, 5.41) is 0. The number of nitrogens with one attached hydrogen (secondary N) is 1. The van der Waals surface area contributed by atoms with Gasteiger partial charge in [-0.15, -0.1) is 0 Å². The third kappa shape index (κ3) is 4.92. The van der Waals surface area contributed by atoms with E-state index in [4.69, 9.17) is 9.47 Å². The zero-order chi connectivity index (χ0) is 16.9. The van der Waals surface area contributed by atoms with Gasteiger partial charge in [0.2, 0.25) is 10.0 Å². The summed E-state index contributed by atoms with van der Waals surface area (Å²) < 4.78 is 42.3. The second kappa shape index (κ2) is 7.76. The summed E-state index contributed by atoms with van der Waals surface area (Å²) in [5.74, 6) is -0.0622. The van der Waals surface area contributed by atoms with Crippen LogP contribution >= 0.6 is 0 Å². The van der Waals surface area contributed by atoms with E-state index in [0.717, 1.165) is 12.8 Å². The highest BCUT2D eigenvalue weighted by atomic mass is 32.2. The summed E-state index contributed by atoms with van der Waals surface area (Å²) in [6.07, 6.45) is 1.76. The number of sulfonamides is 1. The minimum absolute atomic E-state index is 0.0615. The second-order valence-electron chi connectivity index (χ2n) is 5.28. The Morgan fingerprint density at radius 3 is 2.83 bits per heavy atom. The van der Waals surface area contributed by atoms with Crippen LogP contribution < -0.4 is 9.46 Å². The fraction of sp³-hybridized carbons (Fsp3) is 0.533. The number of hydrogen-bond donors (Lipinski definition) is 1. The summed E-state index contributed by atoms with van der Waals surface area (Å²) in [7, 11) is -2.33. The first-order chi connectivity index (χ1) is 10.9. The van der Waals surface area contributed by atoms with Gasteiger partial charge in [0.05, 0.1) is 18.1 Å². The molecule has 1 heterocycles. The van der Waals surface area contributed by atoms with Crippen LogP contribution in [0, 0.1) is 6.92 Å². The standard InChI is InChI=1S/C15H21NO6S/c1-11-8-13(5-6-14(11)22-10-15(17)20-2)23(18,19)16-9-12-4-3-7-21-12/h5-6,8,12,16H,3-4,7,9-10H2,1-2H3. The molecule has 0 saturated carbocycles. The van der Waals surface area contributed by atoms with Gasteiger partial charge >= 0.3 is 5.97 Å². The van der Waals surface area contributed by atoms with E-state index < -0.39 is 16.0 Å². The lowest BCUT2D eigenvalue weighted by molar-refractivity contribution is -0.142. The predicted molar refractivity (Wildman–Crippen MR) is 82.9 cm³/mol. The van der Waals surface area contributed by atoms with Crippen molar-refractivity contribution < 1.29 is 27.4 Å². The molecule has 1 aromatic carbocycles. The molecule has 1 aromatic rings. The largest absolute Gasteiger partial charge is 0.482 e. The average molecular weight is 343 g/mol. The summed E-state index contributed by atoms with van der Waals surface area (Å²) in [6.45, 7) is 2.44. The van der Waals surface area contributed by atoms with Crippen molar-refractivity contribution in [2.24, 2.45) is 0 Å². The van der Waals surface area contributed by atoms with Crippen LogP contribution in [-0.2, 0) is 24.3 Å². The maximum absolute atomic E-state index is 12.3. The van der Waals surface area contributed by atoms with E-state index >= 15 is 0 Å².